The molecule has 2 amide bonds. The number of anilines is 1. The van der Waals surface area contributed by atoms with Gasteiger partial charge in [-0.05, 0) is 74.3 Å². The Morgan fingerprint density at radius 2 is 1.74 bits per heavy atom. The molecule has 7 heteroatoms. The van der Waals surface area contributed by atoms with Gasteiger partial charge < -0.3 is 14.5 Å². The van der Waals surface area contributed by atoms with Crippen molar-refractivity contribution in [3.63, 3.8) is 0 Å². The summed E-state index contributed by atoms with van der Waals surface area (Å²) in [6.07, 6.45) is 3.66. The van der Waals surface area contributed by atoms with Gasteiger partial charge in [-0.15, -0.1) is 0 Å². The van der Waals surface area contributed by atoms with Crippen molar-refractivity contribution in [1.82, 2.24) is 10.2 Å². The van der Waals surface area contributed by atoms with Crippen molar-refractivity contribution in [3.8, 4) is 5.75 Å². The number of carbonyl (C=O) groups is 2. The topological polar surface area (TPSA) is 75.0 Å². The zero-order valence-electron chi connectivity index (χ0n) is 20.5. The van der Waals surface area contributed by atoms with Crippen molar-refractivity contribution < 1.29 is 18.7 Å². The molecule has 0 bridgehead atoms. The predicted octanol–water partition coefficient (Wildman–Crippen LogP) is 4.55. The van der Waals surface area contributed by atoms with Crippen molar-refractivity contribution in [3.05, 3.63) is 83.3 Å². The molecule has 1 saturated heterocycles. The monoisotopic (exact) mass is 475 g/mol. The van der Waals surface area contributed by atoms with E-state index >= 15 is 0 Å². The van der Waals surface area contributed by atoms with Crippen LogP contribution in [0.3, 0.4) is 0 Å². The van der Waals surface area contributed by atoms with Crippen molar-refractivity contribution in [2.45, 2.75) is 39.3 Å². The summed E-state index contributed by atoms with van der Waals surface area (Å²) in [5.74, 6) is 1.18. The molecule has 0 unspecified atom stereocenters. The van der Waals surface area contributed by atoms with Crippen LogP contribution < -0.4 is 15.0 Å². The van der Waals surface area contributed by atoms with Crippen LogP contribution in [-0.2, 0) is 17.9 Å². The molecule has 0 aliphatic carbocycles. The minimum atomic E-state index is -0.330. The summed E-state index contributed by atoms with van der Waals surface area (Å²) in [5.41, 5.74) is 2.54. The van der Waals surface area contributed by atoms with Crippen molar-refractivity contribution in [2.24, 2.45) is 0 Å². The lowest BCUT2D eigenvalue weighted by atomic mass is 10.1. The summed E-state index contributed by atoms with van der Waals surface area (Å²) >= 11 is 0. The molecular formula is C28H33N3O4. The lowest BCUT2D eigenvalue weighted by molar-refractivity contribution is -0.119. The van der Waals surface area contributed by atoms with E-state index in [1.807, 2.05) is 61.5 Å². The molecule has 184 valence electrons. The second-order valence-corrected chi connectivity index (χ2v) is 8.91. The number of carbonyl (C=O) groups excluding carboxylic acids is 2. The zero-order valence-corrected chi connectivity index (χ0v) is 20.5. The fourth-order valence-corrected chi connectivity index (χ4v) is 4.32. The molecule has 1 aliphatic rings. The van der Waals surface area contributed by atoms with E-state index in [0.717, 1.165) is 35.7 Å². The summed E-state index contributed by atoms with van der Waals surface area (Å²) in [6, 6.07) is 18.6. The number of ether oxygens (including phenoxy) is 1. The third kappa shape index (κ3) is 6.51. The first kappa shape index (κ1) is 24.5. The smallest absolute Gasteiger partial charge is 0.294 e. The number of para-hydroxylation sites is 1. The average molecular weight is 476 g/mol. The average Bonchev–Trinajstić information content (AvgIpc) is 3.35. The first-order chi connectivity index (χ1) is 17.0. The van der Waals surface area contributed by atoms with Crippen molar-refractivity contribution in [2.75, 3.05) is 31.6 Å². The number of nitrogens with zero attached hydrogens (tertiary/aromatic N) is 2. The molecule has 4 rings (SSSR count). The molecule has 1 aliphatic heterocycles. The molecule has 2 aromatic carbocycles. The number of piperidine rings is 1. The van der Waals surface area contributed by atoms with Gasteiger partial charge in [0.1, 0.15) is 18.1 Å². The fourth-order valence-electron chi connectivity index (χ4n) is 4.32. The lowest BCUT2D eigenvalue weighted by Crippen LogP contribution is -2.41. The Bertz CT molecular complexity index is 1130. The Hall–Kier alpha value is -3.58. The normalized spacial score (nSPS) is 13.9. The number of benzene rings is 2. The highest BCUT2D eigenvalue weighted by Crippen LogP contribution is 2.23. The largest absolute Gasteiger partial charge is 0.497 e. The number of likely N-dealkylation sites (tertiary alicyclic amines) is 1. The van der Waals surface area contributed by atoms with Gasteiger partial charge in [0.25, 0.3) is 5.91 Å². The number of nitrogens with one attached hydrogen (secondary N) is 1. The first-order valence-electron chi connectivity index (χ1n) is 12.1. The lowest BCUT2D eigenvalue weighted by Gasteiger charge is -2.25. The number of methoxy groups -OCH3 is 1. The van der Waals surface area contributed by atoms with Gasteiger partial charge in [-0.25, -0.2) is 0 Å². The maximum Gasteiger partial charge on any atom is 0.294 e. The van der Waals surface area contributed by atoms with E-state index in [-0.39, 0.29) is 24.1 Å². The van der Waals surface area contributed by atoms with Gasteiger partial charge in [0.05, 0.1) is 13.7 Å². The van der Waals surface area contributed by atoms with Crippen LogP contribution in [0.4, 0.5) is 5.69 Å². The molecule has 35 heavy (non-hydrogen) atoms. The van der Waals surface area contributed by atoms with Gasteiger partial charge >= 0.3 is 0 Å². The number of aryl methyl sites for hydroxylation is 1. The first-order valence-corrected chi connectivity index (χ1v) is 12.1. The van der Waals surface area contributed by atoms with Crippen LogP contribution in [0.1, 0.15) is 46.7 Å². The van der Waals surface area contributed by atoms with Crippen LogP contribution in [0.15, 0.2) is 65.1 Å². The quantitative estimate of drug-likeness (QED) is 0.492. The Morgan fingerprint density at radius 1 is 1.00 bits per heavy atom. The van der Waals surface area contributed by atoms with Gasteiger partial charge in [0.2, 0.25) is 5.91 Å². The van der Waals surface area contributed by atoms with E-state index in [1.165, 1.54) is 24.2 Å². The van der Waals surface area contributed by atoms with Crippen LogP contribution in [0.5, 0.6) is 5.75 Å². The van der Waals surface area contributed by atoms with E-state index in [1.54, 1.807) is 13.2 Å². The fraction of sp³-hybridized carbons (Fsp3) is 0.357. The van der Waals surface area contributed by atoms with E-state index in [2.05, 4.69) is 10.2 Å². The maximum atomic E-state index is 13.5. The molecule has 0 saturated carbocycles. The van der Waals surface area contributed by atoms with Gasteiger partial charge in [0, 0.05) is 12.2 Å². The standard InChI is InChI=1S/C28H33N3O4/c1-21-8-4-5-9-25(21)31(20-27(32)29-18-22-10-12-23(34-2)13-11-22)28(33)26-15-14-24(35-26)19-30-16-6-3-7-17-30/h4-5,8-15H,3,6-7,16-20H2,1-2H3,(H,29,32). The number of hydrogen-bond donors (Lipinski definition) is 1. The van der Waals surface area contributed by atoms with Gasteiger partial charge in [0.15, 0.2) is 5.76 Å². The minimum absolute atomic E-state index is 0.109. The Morgan fingerprint density at radius 3 is 2.46 bits per heavy atom. The summed E-state index contributed by atoms with van der Waals surface area (Å²) in [6.45, 7) is 4.97. The molecule has 7 nitrogen and oxygen atoms in total. The maximum absolute atomic E-state index is 13.5. The molecule has 1 aromatic heterocycles. The molecule has 0 radical (unpaired) electrons. The van der Waals surface area contributed by atoms with E-state index in [0.29, 0.717) is 18.8 Å². The second-order valence-electron chi connectivity index (χ2n) is 8.91. The third-order valence-electron chi connectivity index (χ3n) is 6.30. The summed E-state index contributed by atoms with van der Waals surface area (Å²) < 4.78 is 11.1. The van der Waals surface area contributed by atoms with Crippen LogP contribution in [-0.4, -0.2) is 43.5 Å². The van der Waals surface area contributed by atoms with E-state index in [9.17, 15) is 9.59 Å². The van der Waals surface area contributed by atoms with Crippen molar-refractivity contribution >= 4 is 17.5 Å². The Kier molecular flexibility index (Phi) is 8.21. The number of rotatable bonds is 9. The van der Waals surface area contributed by atoms with Gasteiger partial charge in [-0.3, -0.25) is 19.4 Å². The number of furan rings is 1. The Balaban J connectivity index is 1.46. The summed E-state index contributed by atoms with van der Waals surface area (Å²) in [7, 11) is 1.61. The molecule has 1 N–H and O–H groups in total. The van der Waals surface area contributed by atoms with Crippen LogP contribution >= 0.6 is 0 Å². The van der Waals surface area contributed by atoms with E-state index in [4.69, 9.17) is 9.15 Å². The van der Waals surface area contributed by atoms with Crippen molar-refractivity contribution in [1.29, 1.82) is 0 Å². The predicted molar refractivity (Wildman–Crippen MR) is 136 cm³/mol. The summed E-state index contributed by atoms with van der Waals surface area (Å²) in [5, 5.41) is 2.91. The summed E-state index contributed by atoms with van der Waals surface area (Å²) in [4.78, 5) is 30.2. The molecular weight excluding hydrogens is 442 g/mol. The van der Waals surface area contributed by atoms with E-state index < -0.39 is 0 Å². The number of hydrogen-bond acceptors (Lipinski definition) is 5. The third-order valence-corrected chi connectivity index (χ3v) is 6.30. The SMILES string of the molecule is COc1ccc(CNC(=O)CN(C(=O)c2ccc(CN3CCCCC3)o2)c2ccccc2C)cc1. The highest BCUT2D eigenvalue weighted by molar-refractivity contribution is 6.07. The molecule has 0 spiro atoms. The van der Waals surface area contributed by atoms with Crippen LogP contribution in [0.2, 0.25) is 0 Å². The highest BCUT2D eigenvalue weighted by Gasteiger charge is 2.25. The van der Waals surface area contributed by atoms with Gasteiger partial charge in [-0.1, -0.05) is 36.8 Å². The second kappa shape index (κ2) is 11.7. The zero-order chi connectivity index (χ0) is 24.6. The molecule has 0 atom stereocenters. The highest BCUT2D eigenvalue weighted by atomic mass is 16.5. The minimum Gasteiger partial charge on any atom is -0.497 e. The molecule has 2 heterocycles. The molecule has 1 fully saturated rings. The van der Waals surface area contributed by atoms with Crippen LogP contribution in [0, 0.1) is 6.92 Å². The van der Waals surface area contributed by atoms with Gasteiger partial charge in [-0.2, -0.15) is 0 Å². The number of amides is 2. The molecule has 3 aromatic rings. The van der Waals surface area contributed by atoms with Crippen LogP contribution in [0.25, 0.3) is 0 Å². The Labute approximate surface area is 206 Å².